The normalized spacial score (nSPS) is 21.8. The van der Waals surface area contributed by atoms with Crippen molar-refractivity contribution in [3.63, 3.8) is 0 Å². The summed E-state index contributed by atoms with van der Waals surface area (Å²) >= 11 is 0. The highest BCUT2D eigenvalue weighted by Gasteiger charge is 2.37. The molecule has 1 aliphatic rings. The molecule has 1 saturated heterocycles. The number of pyridine rings is 1. The molecule has 0 spiro atoms. The third-order valence-electron chi connectivity index (χ3n) is 4.86. The second kappa shape index (κ2) is 6.34. The van der Waals surface area contributed by atoms with E-state index in [0.717, 1.165) is 40.3 Å². The summed E-state index contributed by atoms with van der Waals surface area (Å²) in [6.07, 6.45) is 7.60. The first-order valence-corrected chi connectivity index (χ1v) is 10.4. The van der Waals surface area contributed by atoms with Crippen molar-refractivity contribution in [1.29, 1.82) is 0 Å². The van der Waals surface area contributed by atoms with Gasteiger partial charge in [0.2, 0.25) is 0 Å². The number of rotatable bonds is 4. The van der Waals surface area contributed by atoms with Crippen molar-refractivity contribution in [2.45, 2.75) is 37.5 Å². The minimum atomic E-state index is -3.24. The Labute approximate surface area is 146 Å². The lowest BCUT2D eigenvalue weighted by molar-refractivity contribution is 0.406. The fourth-order valence-electron chi connectivity index (χ4n) is 3.80. The van der Waals surface area contributed by atoms with Crippen molar-refractivity contribution >= 4 is 31.6 Å². The van der Waals surface area contributed by atoms with Gasteiger partial charge in [-0.1, -0.05) is 6.92 Å². The van der Waals surface area contributed by atoms with Gasteiger partial charge >= 0.3 is 0 Å². The summed E-state index contributed by atoms with van der Waals surface area (Å²) in [4.78, 5) is 7.51. The molecule has 2 atom stereocenters. The van der Waals surface area contributed by atoms with E-state index in [9.17, 15) is 8.42 Å². The van der Waals surface area contributed by atoms with Gasteiger partial charge in [0.05, 0.1) is 17.6 Å². The van der Waals surface area contributed by atoms with Crippen molar-refractivity contribution in [2.24, 2.45) is 0 Å². The first kappa shape index (κ1) is 16.4. The standard InChI is InChI=1S/C17H21N5O2S/c1-2-8-25(23,24)17-13(4-3-6-19-17)15-14-11(10-21-22-15)9-20-16-12(14)5-7-18-16/h5,7,9-10,13,17,19H,2-4,6,8H2,1H3,(H,18,20). The molecule has 1 fully saturated rings. The van der Waals surface area contributed by atoms with Crippen LogP contribution in [-0.4, -0.2) is 46.3 Å². The smallest absolute Gasteiger partial charge is 0.166 e. The number of sulfone groups is 1. The third kappa shape index (κ3) is 2.79. The fraction of sp³-hybridized carbons (Fsp3) is 0.471. The highest BCUT2D eigenvalue weighted by Crippen LogP contribution is 2.36. The van der Waals surface area contributed by atoms with Crippen LogP contribution in [0.4, 0.5) is 0 Å². The number of H-pyrrole nitrogens is 1. The van der Waals surface area contributed by atoms with E-state index in [4.69, 9.17) is 0 Å². The van der Waals surface area contributed by atoms with Crippen molar-refractivity contribution < 1.29 is 8.42 Å². The SMILES string of the molecule is CCCS(=O)(=O)C1NCCCC1c1nncc2cnc3[nH]ccc3c12. The Kier molecular flexibility index (Phi) is 4.16. The van der Waals surface area contributed by atoms with Crippen LogP contribution in [0.5, 0.6) is 0 Å². The van der Waals surface area contributed by atoms with Gasteiger partial charge in [0, 0.05) is 34.5 Å². The zero-order chi connectivity index (χ0) is 17.4. The Balaban J connectivity index is 1.91. The first-order chi connectivity index (χ1) is 12.1. The van der Waals surface area contributed by atoms with Gasteiger partial charge in [-0.25, -0.2) is 13.4 Å². The van der Waals surface area contributed by atoms with E-state index in [-0.39, 0.29) is 11.7 Å². The van der Waals surface area contributed by atoms with Crippen molar-refractivity contribution in [3.8, 4) is 0 Å². The van der Waals surface area contributed by atoms with E-state index in [0.29, 0.717) is 13.0 Å². The van der Waals surface area contributed by atoms with Gasteiger partial charge in [-0.3, -0.25) is 0 Å². The number of fused-ring (bicyclic) bond motifs is 3. The Morgan fingerprint density at radius 2 is 2.20 bits per heavy atom. The Morgan fingerprint density at radius 1 is 1.32 bits per heavy atom. The van der Waals surface area contributed by atoms with Gasteiger partial charge in [-0.2, -0.15) is 10.2 Å². The second-order valence-electron chi connectivity index (χ2n) is 6.55. The molecule has 3 aromatic rings. The van der Waals surface area contributed by atoms with Crippen LogP contribution in [0, 0.1) is 0 Å². The number of aromatic amines is 1. The average molecular weight is 359 g/mol. The largest absolute Gasteiger partial charge is 0.346 e. The molecule has 25 heavy (non-hydrogen) atoms. The van der Waals surface area contributed by atoms with Gasteiger partial charge in [0.1, 0.15) is 11.0 Å². The molecule has 0 aromatic carbocycles. The molecule has 8 heteroatoms. The van der Waals surface area contributed by atoms with Crippen molar-refractivity contribution in [1.82, 2.24) is 25.5 Å². The van der Waals surface area contributed by atoms with Crippen molar-refractivity contribution in [2.75, 3.05) is 12.3 Å². The molecule has 4 heterocycles. The predicted molar refractivity (Wildman–Crippen MR) is 97.0 cm³/mol. The maximum absolute atomic E-state index is 12.8. The van der Waals surface area contributed by atoms with E-state index < -0.39 is 15.2 Å². The Bertz CT molecular complexity index is 1010. The summed E-state index contributed by atoms with van der Waals surface area (Å²) in [7, 11) is -3.24. The zero-order valence-corrected chi connectivity index (χ0v) is 14.9. The number of nitrogens with one attached hydrogen (secondary N) is 2. The summed E-state index contributed by atoms with van der Waals surface area (Å²) in [5.74, 6) is -0.0254. The molecule has 2 N–H and O–H groups in total. The lowest BCUT2D eigenvalue weighted by Gasteiger charge is -2.32. The molecule has 0 aliphatic carbocycles. The molecule has 0 saturated carbocycles. The quantitative estimate of drug-likeness (QED) is 0.740. The van der Waals surface area contributed by atoms with Gasteiger partial charge in [0.25, 0.3) is 0 Å². The van der Waals surface area contributed by atoms with Crippen molar-refractivity contribution in [3.05, 3.63) is 30.4 Å². The van der Waals surface area contributed by atoms with Gasteiger partial charge in [0.15, 0.2) is 9.84 Å². The van der Waals surface area contributed by atoms with E-state index in [1.54, 1.807) is 12.4 Å². The summed E-state index contributed by atoms with van der Waals surface area (Å²) < 4.78 is 25.6. The van der Waals surface area contributed by atoms with Crippen LogP contribution in [0.3, 0.4) is 0 Å². The molecule has 0 bridgehead atoms. The number of aromatic nitrogens is 4. The highest BCUT2D eigenvalue weighted by atomic mass is 32.2. The van der Waals surface area contributed by atoms with E-state index in [1.807, 2.05) is 19.2 Å². The van der Waals surface area contributed by atoms with Gasteiger partial charge in [-0.05, 0) is 31.9 Å². The zero-order valence-electron chi connectivity index (χ0n) is 14.1. The van der Waals surface area contributed by atoms with Crippen LogP contribution in [0.25, 0.3) is 21.8 Å². The summed E-state index contributed by atoms with van der Waals surface area (Å²) in [5, 5.41) is 13.9. The monoisotopic (exact) mass is 359 g/mol. The molecule has 7 nitrogen and oxygen atoms in total. The van der Waals surface area contributed by atoms with E-state index in [2.05, 4.69) is 25.5 Å². The maximum Gasteiger partial charge on any atom is 0.166 e. The number of hydrogen-bond acceptors (Lipinski definition) is 6. The molecule has 2 unspecified atom stereocenters. The Morgan fingerprint density at radius 3 is 3.04 bits per heavy atom. The lowest BCUT2D eigenvalue weighted by atomic mass is 9.92. The molecule has 4 rings (SSSR count). The number of nitrogens with zero attached hydrogens (tertiary/aromatic N) is 3. The van der Waals surface area contributed by atoms with E-state index in [1.165, 1.54) is 0 Å². The van der Waals surface area contributed by atoms with E-state index >= 15 is 0 Å². The average Bonchev–Trinajstić information content (AvgIpc) is 3.10. The van der Waals surface area contributed by atoms with Crippen LogP contribution in [-0.2, 0) is 9.84 Å². The molecule has 0 amide bonds. The molecule has 0 radical (unpaired) electrons. The van der Waals surface area contributed by atoms with Crippen LogP contribution in [0.15, 0.2) is 24.7 Å². The second-order valence-corrected chi connectivity index (χ2v) is 8.79. The fourth-order valence-corrected chi connectivity index (χ4v) is 5.76. The molecule has 132 valence electrons. The molecular formula is C17H21N5O2S. The van der Waals surface area contributed by atoms with Crippen LogP contribution in [0.2, 0.25) is 0 Å². The summed E-state index contributed by atoms with van der Waals surface area (Å²) in [5.41, 5.74) is 1.53. The summed E-state index contributed by atoms with van der Waals surface area (Å²) in [6.45, 7) is 2.60. The van der Waals surface area contributed by atoms with Crippen LogP contribution in [0.1, 0.15) is 37.8 Å². The van der Waals surface area contributed by atoms with Gasteiger partial charge in [-0.15, -0.1) is 0 Å². The maximum atomic E-state index is 12.8. The number of piperidine rings is 1. The minimum absolute atomic E-state index is 0.181. The highest BCUT2D eigenvalue weighted by molar-refractivity contribution is 7.92. The summed E-state index contributed by atoms with van der Waals surface area (Å²) in [6, 6.07) is 1.96. The van der Waals surface area contributed by atoms with Gasteiger partial charge < -0.3 is 10.3 Å². The topological polar surface area (TPSA) is 101 Å². The lowest BCUT2D eigenvalue weighted by Crippen LogP contribution is -2.46. The van der Waals surface area contributed by atoms with Crippen LogP contribution < -0.4 is 5.32 Å². The molecule has 3 aromatic heterocycles. The number of hydrogen-bond donors (Lipinski definition) is 2. The predicted octanol–water partition coefficient (Wildman–Crippen LogP) is 2.12. The Hall–Kier alpha value is -2.06. The molecule has 1 aliphatic heterocycles. The molecular weight excluding hydrogens is 338 g/mol. The third-order valence-corrected chi connectivity index (χ3v) is 7.11. The first-order valence-electron chi connectivity index (χ1n) is 8.64. The minimum Gasteiger partial charge on any atom is -0.346 e. The van der Waals surface area contributed by atoms with Crippen LogP contribution >= 0.6 is 0 Å².